The Morgan fingerprint density at radius 1 is 1.17 bits per heavy atom. The van der Waals surface area contributed by atoms with Gasteiger partial charge in [-0.15, -0.1) is 0 Å². The van der Waals surface area contributed by atoms with Crippen LogP contribution in [0.1, 0.15) is 56.7 Å². The molecule has 1 aromatic heterocycles. The molecule has 2 rings (SSSR count). The van der Waals surface area contributed by atoms with Gasteiger partial charge in [0.1, 0.15) is 16.8 Å². The number of nitrogens with zero attached hydrogens (tertiary/aromatic N) is 3. The molecule has 0 saturated heterocycles. The molecule has 1 N–H and O–H groups in total. The number of amides is 1. The van der Waals surface area contributed by atoms with Gasteiger partial charge < -0.3 is 5.32 Å². The van der Waals surface area contributed by atoms with Gasteiger partial charge in [0.15, 0.2) is 0 Å². The number of aromatic nitrogens is 2. The molecule has 0 bridgehead atoms. The summed E-state index contributed by atoms with van der Waals surface area (Å²) in [5.41, 5.74) is 1.93. The van der Waals surface area contributed by atoms with E-state index < -0.39 is 5.91 Å². The molecule has 5 nitrogen and oxygen atoms in total. The number of nitrogens with one attached hydrogen (secondary N) is 1. The normalized spacial score (nSPS) is 11.3. The van der Waals surface area contributed by atoms with Crippen molar-refractivity contribution >= 4 is 35.2 Å². The van der Waals surface area contributed by atoms with E-state index >= 15 is 0 Å². The summed E-state index contributed by atoms with van der Waals surface area (Å²) in [6, 6.07) is 9.05. The minimum absolute atomic E-state index is 0.0108. The van der Waals surface area contributed by atoms with E-state index in [2.05, 4.69) is 17.3 Å². The lowest BCUT2D eigenvalue weighted by atomic mass is 10.1. The topological polar surface area (TPSA) is 70.7 Å². The Morgan fingerprint density at radius 2 is 1.83 bits per heavy atom. The summed E-state index contributed by atoms with van der Waals surface area (Å²) in [6.45, 7) is 4.52. The molecule has 0 aliphatic carbocycles. The van der Waals surface area contributed by atoms with Crippen LogP contribution in [0.4, 0.5) is 0 Å². The lowest BCUT2D eigenvalue weighted by Gasteiger charge is -2.05. The molecule has 2 aromatic rings. The Bertz CT molecular complexity index is 895. The monoisotopic (exact) mass is 432 g/mol. The third-order valence-corrected chi connectivity index (χ3v) is 5.20. The predicted molar refractivity (Wildman–Crippen MR) is 118 cm³/mol. The van der Waals surface area contributed by atoms with Crippen LogP contribution < -0.4 is 5.32 Å². The van der Waals surface area contributed by atoms with Crippen molar-refractivity contribution in [1.29, 1.82) is 5.26 Å². The molecule has 0 saturated carbocycles. The maximum absolute atomic E-state index is 12.4. The van der Waals surface area contributed by atoms with Crippen LogP contribution >= 0.6 is 23.2 Å². The zero-order valence-corrected chi connectivity index (χ0v) is 18.4. The van der Waals surface area contributed by atoms with E-state index in [-0.39, 0.29) is 5.57 Å². The molecule has 0 fully saturated rings. The average Bonchev–Trinajstić information content (AvgIpc) is 2.99. The van der Waals surface area contributed by atoms with Gasteiger partial charge in [-0.05, 0) is 43.7 Å². The maximum Gasteiger partial charge on any atom is 0.261 e. The van der Waals surface area contributed by atoms with Crippen molar-refractivity contribution in [2.24, 2.45) is 0 Å². The second-order valence-electron chi connectivity index (χ2n) is 6.87. The van der Waals surface area contributed by atoms with Crippen molar-refractivity contribution in [3.63, 3.8) is 0 Å². The van der Waals surface area contributed by atoms with Crippen molar-refractivity contribution < 1.29 is 4.79 Å². The largest absolute Gasteiger partial charge is 0.351 e. The number of carbonyl (C=O) groups excluding carboxylic acids is 1. The average molecular weight is 433 g/mol. The molecule has 0 radical (unpaired) electrons. The Balaban J connectivity index is 2.06. The van der Waals surface area contributed by atoms with Crippen molar-refractivity contribution in [2.75, 3.05) is 6.54 Å². The Kier molecular flexibility index (Phi) is 9.24. The number of rotatable bonds is 10. The highest BCUT2D eigenvalue weighted by atomic mass is 35.5. The van der Waals surface area contributed by atoms with E-state index in [4.69, 9.17) is 23.2 Å². The van der Waals surface area contributed by atoms with Crippen LogP contribution in [0.5, 0.6) is 0 Å². The fourth-order valence-electron chi connectivity index (χ4n) is 2.92. The van der Waals surface area contributed by atoms with Gasteiger partial charge in [0.25, 0.3) is 5.91 Å². The number of hydrogen-bond acceptors (Lipinski definition) is 3. The second kappa shape index (κ2) is 11.6. The van der Waals surface area contributed by atoms with E-state index in [0.29, 0.717) is 28.0 Å². The zero-order chi connectivity index (χ0) is 21.2. The fraction of sp³-hybridized carbons (Fsp3) is 0.409. The van der Waals surface area contributed by atoms with Gasteiger partial charge in [-0.2, -0.15) is 10.4 Å². The molecule has 0 aliphatic rings. The van der Waals surface area contributed by atoms with E-state index in [1.165, 1.54) is 31.8 Å². The van der Waals surface area contributed by atoms with Crippen LogP contribution in [-0.2, 0) is 4.79 Å². The highest BCUT2D eigenvalue weighted by molar-refractivity contribution is 6.31. The molecule has 0 atom stereocenters. The van der Waals surface area contributed by atoms with Crippen molar-refractivity contribution in [3.8, 4) is 11.8 Å². The third kappa shape index (κ3) is 6.62. The van der Waals surface area contributed by atoms with Gasteiger partial charge in [0.2, 0.25) is 0 Å². The van der Waals surface area contributed by atoms with Crippen LogP contribution in [0.3, 0.4) is 0 Å². The first-order valence-corrected chi connectivity index (χ1v) is 10.6. The summed E-state index contributed by atoms with van der Waals surface area (Å²) in [5.74, 6) is -0.393. The summed E-state index contributed by atoms with van der Waals surface area (Å²) in [6.07, 6.45) is 8.33. The molecule has 154 valence electrons. The minimum atomic E-state index is -0.393. The molecule has 0 spiro atoms. The molecule has 0 aliphatic heterocycles. The fourth-order valence-corrected chi connectivity index (χ4v) is 3.38. The number of benzene rings is 1. The van der Waals surface area contributed by atoms with Gasteiger partial charge in [-0.3, -0.25) is 4.79 Å². The zero-order valence-electron chi connectivity index (χ0n) is 16.8. The van der Waals surface area contributed by atoms with Crippen LogP contribution in [0.25, 0.3) is 11.8 Å². The SMILES string of the molecule is CCCCCCCCNC(=O)C(C#N)=Cc1c(C)nn(-c2ccc(Cl)cc2)c1Cl. The summed E-state index contributed by atoms with van der Waals surface area (Å²) in [5, 5.41) is 17.6. The Labute approximate surface area is 182 Å². The van der Waals surface area contributed by atoms with Gasteiger partial charge in [-0.1, -0.05) is 62.2 Å². The van der Waals surface area contributed by atoms with Crippen LogP contribution in [0.15, 0.2) is 29.8 Å². The smallest absolute Gasteiger partial charge is 0.261 e. The van der Waals surface area contributed by atoms with Gasteiger partial charge in [-0.25, -0.2) is 4.68 Å². The molecular formula is C22H26Cl2N4O. The van der Waals surface area contributed by atoms with Crippen LogP contribution in [0, 0.1) is 18.3 Å². The number of hydrogen-bond donors (Lipinski definition) is 1. The highest BCUT2D eigenvalue weighted by Gasteiger charge is 2.16. The van der Waals surface area contributed by atoms with E-state index in [1.54, 1.807) is 35.9 Å². The number of carbonyl (C=O) groups is 1. The Morgan fingerprint density at radius 3 is 2.48 bits per heavy atom. The Hall–Kier alpha value is -2.29. The molecular weight excluding hydrogens is 407 g/mol. The predicted octanol–water partition coefficient (Wildman–Crippen LogP) is 5.87. The lowest BCUT2D eigenvalue weighted by Crippen LogP contribution is -2.25. The lowest BCUT2D eigenvalue weighted by molar-refractivity contribution is -0.117. The first kappa shape index (κ1) is 23.0. The summed E-state index contributed by atoms with van der Waals surface area (Å²) < 4.78 is 1.56. The third-order valence-electron chi connectivity index (χ3n) is 4.59. The summed E-state index contributed by atoms with van der Waals surface area (Å²) in [7, 11) is 0. The van der Waals surface area contributed by atoms with E-state index in [1.807, 2.05) is 6.07 Å². The van der Waals surface area contributed by atoms with E-state index in [0.717, 1.165) is 18.5 Å². The molecule has 29 heavy (non-hydrogen) atoms. The minimum Gasteiger partial charge on any atom is -0.351 e. The molecule has 1 amide bonds. The number of halogens is 2. The van der Waals surface area contributed by atoms with Crippen molar-refractivity contribution in [2.45, 2.75) is 52.4 Å². The number of aryl methyl sites for hydroxylation is 1. The van der Waals surface area contributed by atoms with E-state index in [9.17, 15) is 10.1 Å². The maximum atomic E-state index is 12.4. The molecule has 0 unspecified atom stereocenters. The van der Waals surface area contributed by atoms with Gasteiger partial charge >= 0.3 is 0 Å². The number of nitriles is 1. The molecule has 7 heteroatoms. The number of unbranched alkanes of at least 4 members (excludes halogenated alkanes) is 5. The first-order valence-electron chi connectivity index (χ1n) is 9.89. The quantitative estimate of drug-likeness (QED) is 0.289. The summed E-state index contributed by atoms with van der Waals surface area (Å²) >= 11 is 12.4. The van der Waals surface area contributed by atoms with Crippen molar-refractivity contribution in [3.05, 3.63) is 51.3 Å². The van der Waals surface area contributed by atoms with Crippen LogP contribution in [-0.4, -0.2) is 22.2 Å². The van der Waals surface area contributed by atoms with Gasteiger partial charge in [0.05, 0.1) is 11.4 Å². The van der Waals surface area contributed by atoms with Gasteiger partial charge in [0, 0.05) is 17.1 Å². The van der Waals surface area contributed by atoms with Crippen LogP contribution in [0.2, 0.25) is 10.2 Å². The molecule has 1 heterocycles. The van der Waals surface area contributed by atoms with Crippen molar-refractivity contribution in [1.82, 2.24) is 15.1 Å². The summed E-state index contributed by atoms with van der Waals surface area (Å²) in [4.78, 5) is 12.4. The molecule has 1 aromatic carbocycles. The first-order chi connectivity index (χ1) is 14.0. The standard InChI is InChI=1S/C22H26Cl2N4O/c1-3-4-5-6-7-8-13-26-22(29)17(15-25)14-20-16(2)27-28(21(20)24)19-11-9-18(23)10-12-19/h9-12,14H,3-8,13H2,1-2H3,(H,26,29). The second-order valence-corrected chi connectivity index (χ2v) is 7.67. The highest BCUT2D eigenvalue weighted by Crippen LogP contribution is 2.26.